The highest BCUT2D eigenvalue weighted by Gasteiger charge is 2.22. The Morgan fingerprint density at radius 1 is 1.25 bits per heavy atom. The van der Waals surface area contributed by atoms with Gasteiger partial charge in [0.05, 0.1) is 22.3 Å². The van der Waals surface area contributed by atoms with Crippen molar-refractivity contribution in [3.63, 3.8) is 0 Å². The van der Waals surface area contributed by atoms with Gasteiger partial charge in [-0.3, -0.25) is 4.90 Å². The predicted molar refractivity (Wildman–Crippen MR) is 80.7 cm³/mol. The topological polar surface area (TPSA) is 34.0 Å². The quantitative estimate of drug-likeness (QED) is 0.725. The Morgan fingerprint density at radius 3 is 3.15 bits per heavy atom. The molecule has 0 aliphatic carbocycles. The van der Waals surface area contributed by atoms with Gasteiger partial charge in [0.15, 0.2) is 0 Å². The van der Waals surface area contributed by atoms with Crippen LogP contribution in [0.15, 0.2) is 36.1 Å². The number of hydrogen-bond acceptors (Lipinski definition) is 4. The zero-order valence-corrected chi connectivity index (χ0v) is 12.2. The average molecular weight is 284 g/mol. The highest BCUT2D eigenvalue weighted by Crippen LogP contribution is 2.27. The minimum Gasteiger partial charge on any atom is -0.333 e. The lowest BCUT2D eigenvalue weighted by Gasteiger charge is -2.33. The Hall–Kier alpha value is -1.72. The van der Waals surface area contributed by atoms with Crippen LogP contribution in [-0.2, 0) is 13.1 Å². The normalized spacial score (nSPS) is 17.2. The second-order valence-electron chi connectivity index (χ2n) is 5.26. The first-order valence-electron chi connectivity index (χ1n) is 6.88. The minimum atomic E-state index is 0.395. The third-order valence-corrected chi connectivity index (χ3v) is 4.97. The number of imidazole rings is 1. The molecule has 1 atom stereocenters. The standard InChI is InChI=1S/C15H16N4S/c1-11(12-2-3-14-13(8-12)17-10-20-14)19-7-6-18-5-4-16-15(18)9-19/h2-5,8,10-11H,6-7,9H2,1H3. The van der Waals surface area contributed by atoms with Gasteiger partial charge in [0.2, 0.25) is 0 Å². The summed E-state index contributed by atoms with van der Waals surface area (Å²) >= 11 is 1.70. The van der Waals surface area contributed by atoms with E-state index in [9.17, 15) is 0 Å². The Bertz CT molecular complexity index is 745. The highest BCUT2D eigenvalue weighted by atomic mass is 32.1. The molecule has 5 heteroatoms. The molecule has 3 aromatic rings. The molecule has 2 aromatic heterocycles. The molecule has 20 heavy (non-hydrogen) atoms. The number of fused-ring (bicyclic) bond motifs is 2. The van der Waals surface area contributed by atoms with Crippen LogP contribution in [0.5, 0.6) is 0 Å². The molecular formula is C15H16N4S. The Labute approximate surface area is 121 Å². The van der Waals surface area contributed by atoms with E-state index in [0.29, 0.717) is 6.04 Å². The summed E-state index contributed by atoms with van der Waals surface area (Å²) in [5.41, 5.74) is 4.36. The van der Waals surface area contributed by atoms with Gasteiger partial charge in [0, 0.05) is 31.5 Å². The largest absolute Gasteiger partial charge is 0.333 e. The fraction of sp³-hybridized carbons (Fsp3) is 0.333. The van der Waals surface area contributed by atoms with Gasteiger partial charge in [-0.25, -0.2) is 9.97 Å². The van der Waals surface area contributed by atoms with E-state index in [1.807, 2.05) is 11.7 Å². The fourth-order valence-corrected chi connectivity index (χ4v) is 3.53. The summed E-state index contributed by atoms with van der Waals surface area (Å²) in [5.74, 6) is 1.16. The molecule has 4 rings (SSSR count). The predicted octanol–water partition coefficient (Wildman–Crippen LogP) is 3.07. The van der Waals surface area contributed by atoms with E-state index in [1.54, 1.807) is 11.3 Å². The van der Waals surface area contributed by atoms with E-state index in [-0.39, 0.29) is 0 Å². The van der Waals surface area contributed by atoms with Crippen molar-refractivity contribution in [1.82, 2.24) is 19.4 Å². The van der Waals surface area contributed by atoms with Crippen molar-refractivity contribution in [3.8, 4) is 0 Å². The van der Waals surface area contributed by atoms with E-state index >= 15 is 0 Å². The van der Waals surface area contributed by atoms with Gasteiger partial charge in [-0.2, -0.15) is 0 Å². The summed E-state index contributed by atoms with van der Waals surface area (Å²) < 4.78 is 3.50. The van der Waals surface area contributed by atoms with Crippen molar-refractivity contribution in [1.29, 1.82) is 0 Å². The third-order valence-electron chi connectivity index (χ3n) is 4.16. The molecule has 0 bridgehead atoms. The number of benzene rings is 1. The molecule has 0 N–H and O–H groups in total. The van der Waals surface area contributed by atoms with Gasteiger partial charge in [-0.05, 0) is 24.6 Å². The SMILES string of the molecule is CC(c1ccc2scnc2c1)N1CCn2ccnc2C1. The molecule has 1 aliphatic rings. The first kappa shape index (κ1) is 12.1. The van der Waals surface area contributed by atoms with Crippen LogP contribution < -0.4 is 0 Å². The third kappa shape index (κ3) is 1.94. The molecule has 0 fully saturated rings. The molecule has 1 aromatic carbocycles. The molecule has 4 nitrogen and oxygen atoms in total. The van der Waals surface area contributed by atoms with Crippen LogP contribution >= 0.6 is 11.3 Å². The van der Waals surface area contributed by atoms with Crippen LogP contribution in [0.3, 0.4) is 0 Å². The average Bonchev–Trinajstić information content (AvgIpc) is 3.13. The smallest absolute Gasteiger partial charge is 0.122 e. The molecule has 3 heterocycles. The zero-order chi connectivity index (χ0) is 13.5. The van der Waals surface area contributed by atoms with Crippen LogP contribution in [-0.4, -0.2) is 26.0 Å². The molecule has 0 amide bonds. The molecular weight excluding hydrogens is 268 g/mol. The lowest BCUT2D eigenvalue weighted by Crippen LogP contribution is -2.35. The van der Waals surface area contributed by atoms with Crippen LogP contribution in [0.1, 0.15) is 24.4 Å². The Balaban J connectivity index is 1.62. The summed E-state index contributed by atoms with van der Waals surface area (Å²) in [6.07, 6.45) is 3.96. The maximum Gasteiger partial charge on any atom is 0.122 e. The van der Waals surface area contributed by atoms with Crippen LogP contribution in [0.2, 0.25) is 0 Å². The van der Waals surface area contributed by atoms with Crippen molar-refractivity contribution in [2.75, 3.05) is 6.54 Å². The number of rotatable bonds is 2. The number of nitrogens with zero attached hydrogens (tertiary/aromatic N) is 4. The molecule has 1 unspecified atom stereocenters. The Morgan fingerprint density at radius 2 is 2.20 bits per heavy atom. The number of aromatic nitrogens is 3. The summed E-state index contributed by atoms with van der Waals surface area (Å²) in [6.45, 7) is 5.29. The van der Waals surface area contributed by atoms with Crippen LogP contribution in [0.25, 0.3) is 10.2 Å². The van der Waals surface area contributed by atoms with E-state index in [1.165, 1.54) is 10.3 Å². The maximum atomic E-state index is 4.44. The van der Waals surface area contributed by atoms with E-state index in [0.717, 1.165) is 31.0 Å². The van der Waals surface area contributed by atoms with Gasteiger partial charge in [0.25, 0.3) is 0 Å². The van der Waals surface area contributed by atoms with Crippen molar-refractivity contribution >= 4 is 21.6 Å². The van der Waals surface area contributed by atoms with Crippen molar-refractivity contribution in [2.45, 2.75) is 26.1 Å². The van der Waals surface area contributed by atoms with Gasteiger partial charge < -0.3 is 4.57 Å². The summed E-state index contributed by atoms with van der Waals surface area (Å²) in [5, 5.41) is 0. The summed E-state index contributed by atoms with van der Waals surface area (Å²) in [4.78, 5) is 11.3. The van der Waals surface area contributed by atoms with E-state index < -0.39 is 0 Å². The monoisotopic (exact) mass is 284 g/mol. The molecule has 102 valence electrons. The van der Waals surface area contributed by atoms with Crippen molar-refractivity contribution < 1.29 is 0 Å². The van der Waals surface area contributed by atoms with E-state index in [4.69, 9.17) is 0 Å². The highest BCUT2D eigenvalue weighted by molar-refractivity contribution is 7.16. The minimum absolute atomic E-state index is 0.395. The van der Waals surface area contributed by atoms with Gasteiger partial charge >= 0.3 is 0 Å². The first-order valence-corrected chi connectivity index (χ1v) is 7.76. The summed E-state index contributed by atoms with van der Waals surface area (Å²) in [6, 6.07) is 7.03. The maximum absolute atomic E-state index is 4.44. The fourth-order valence-electron chi connectivity index (χ4n) is 2.87. The first-order chi connectivity index (χ1) is 9.81. The lowest BCUT2D eigenvalue weighted by molar-refractivity contribution is 0.163. The zero-order valence-electron chi connectivity index (χ0n) is 11.4. The van der Waals surface area contributed by atoms with Crippen molar-refractivity contribution in [2.24, 2.45) is 0 Å². The van der Waals surface area contributed by atoms with E-state index in [2.05, 4.69) is 50.8 Å². The van der Waals surface area contributed by atoms with Gasteiger partial charge in [-0.1, -0.05) is 6.07 Å². The molecule has 0 spiro atoms. The molecule has 0 saturated carbocycles. The number of hydrogen-bond donors (Lipinski definition) is 0. The molecule has 0 saturated heterocycles. The second-order valence-corrected chi connectivity index (χ2v) is 6.15. The van der Waals surface area contributed by atoms with Crippen LogP contribution in [0.4, 0.5) is 0 Å². The molecule has 0 radical (unpaired) electrons. The van der Waals surface area contributed by atoms with Crippen LogP contribution in [0, 0.1) is 0 Å². The second kappa shape index (κ2) is 4.68. The van der Waals surface area contributed by atoms with Gasteiger partial charge in [-0.15, -0.1) is 11.3 Å². The molecule has 1 aliphatic heterocycles. The lowest BCUT2D eigenvalue weighted by atomic mass is 10.1. The van der Waals surface area contributed by atoms with Crippen molar-refractivity contribution in [3.05, 3.63) is 47.5 Å². The van der Waals surface area contributed by atoms with Gasteiger partial charge in [0.1, 0.15) is 5.82 Å². The Kier molecular flexibility index (Phi) is 2.82. The number of thiazole rings is 1. The summed E-state index contributed by atoms with van der Waals surface area (Å²) in [7, 11) is 0.